The SMILES string of the molecule is CCC(CC)N(C)C(=O)N1CCC(C(=O)O)(C(C)C)C1. The summed E-state index contributed by atoms with van der Waals surface area (Å²) in [5.41, 5.74) is -0.787. The third kappa shape index (κ3) is 2.91. The van der Waals surface area contributed by atoms with Crippen molar-refractivity contribution in [3.8, 4) is 0 Å². The Balaban J connectivity index is 2.81. The van der Waals surface area contributed by atoms with E-state index in [9.17, 15) is 14.7 Å². The summed E-state index contributed by atoms with van der Waals surface area (Å²) in [4.78, 5) is 27.6. The molecule has 2 amide bonds. The smallest absolute Gasteiger partial charge is 0.320 e. The summed E-state index contributed by atoms with van der Waals surface area (Å²) in [5, 5.41) is 9.52. The van der Waals surface area contributed by atoms with E-state index in [4.69, 9.17) is 0 Å². The predicted octanol–water partition coefficient (Wildman–Crippen LogP) is 2.66. The average molecular weight is 284 g/mol. The van der Waals surface area contributed by atoms with Gasteiger partial charge in [-0.1, -0.05) is 27.7 Å². The minimum atomic E-state index is -0.787. The number of likely N-dealkylation sites (tertiary alicyclic amines) is 1. The Hall–Kier alpha value is -1.26. The van der Waals surface area contributed by atoms with Crippen LogP contribution in [0.2, 0.25) is 0 Å². The van der Waals surface area contributed by atoms with Crippen LogP contribution in [0.4, 0.5) is 4.79 Å². The fourth-order valence-electron chi connectivity index (χ4n) is 3.10. The fraction of sp³-hybridized carbons (Fsp3) is 0.867. The lowest BCUT2D eigenvalue weighted by molar-refractivity contribution is -0.150. The number of aliphatic carboxylic acids is 1. The lowest BCUT2D eigenvalue weighted by Gasteiger charge is -2.32. The highest BCUT2D eigenvalue weighted by atomic mass is 16.4. The maximum atomic E-state index is 12.5. The predicted molar refractivity (Wildman–Crippen MR) is 78.6 cm³/mol. The van der Waals surface area contributed by atoms with Crippen LogP contribution < -0.4 is 0 Å². The number of carbonyl (C=O) groups excluding carboxylic acids is 1. The molecule has 1 saturated heterocycles. The van der Waals surface area contributed by atoms with E-state index >= 15 is 0 Å². The van der Waals surface area contributed by atoms with Crippen molar-refractivity contribution in [1.82, 2.24) is 9.80 Å². The van der Waals surface area contributed by atoms with Crippen LogP contribution in [0.1, 0.15) is 47.0 Å². The summed E-state index contributed by atoms with van der Waals surface area (Å²) < 4.78 is 0. The third-order valence-corrected chi connectivity index (χ3v) is 4.89. The minimum Gasteiger partial charge on any atom is -0.481 e. The molecule has 0 bridgehead atoms. The summed E-state index contributed by atoms with van der Waals surface area (Å²) in [7, 11) is 1.82. The van der Waals surface area contributed by atoms with E-state index in [0.717, 1.165) is 12.8 Å². The number of carbonyl (C=O) groups is 2. The Morgan fingerprint density at radius 3 is 2.20 bits per heavy atom. The number of carboxylic acid groups (broad SMARTS) is 1. The molecule has 1 heterocycles. The van der Waals surface area contributed by atoms with Crippen molar-refractivity contribution in [2.24, 2.45) is 11.3 Å². The molecule has 20 heavy (non-hydrogen) atoms. The van der Waals surface area contributed by atoms with Crippen molar-refractivity contribution in [3.63, 3.8) is 0 Å². The molecule has 0 aromatic heterocycles. The highest BCUT2D eigenvalue weighted by molar-refractivity contribution is 5.80. The number of carboxylic acids is 1. The van der Waals surface area contributed by atoms with Crippen LogP contribution in [0.3, 0.4) is 0 Å². The lowest BCUT2D eigenvalue weighted by atomic mass is 9.76. The Labute approximate surface area is 121 Å². The quantitative estimate of drug-likeness (QED) is 0.844. The molecule has 5 heteroatoms. The van der Waals surface area contributed by atoms with E-state index in [1.165, 1.54) is 0 Å². The summed E-state index contributed by atoms with van der Waals surface area (Å²) in [6, 6.07) is 0.184. The third-order valence-electron chi connectivity index (χ3n) is 4.89. The van der Waals surface area contributed by atoms with Gasteiger partial charge in [0.1, 0.15) is 0 Å². The molecule has 5 nitrogen and oxygen atoms in total. The van der Waals surface area contributed by atoms with E-state index in [-0.39, 0.29) is 18.0 Å². The minimum absolute atomic E-state index is 0.0243. The van der Waals surface area contributed by atoms with E-state index in [1.807, 2.05) is 20.9 Å². The molecular weight excluding hydrogens is 256 g/mol. The van der Waals surface area contributed by atoms with Gasteiger partial charge in [0.25, 0.3) is 0 Å². The monoisotopic (exact) mass is 284 g/mol. The number of hydrogen-bond acceptors (Lipinski definition) is 2. The number of urea groups is 1. The number of amides is 2. The first-order valence-corrected chi connectivity index (χ1v) is 7.55. The summed E-state index contributed by atoms with van der Waals surface area (Å²) in [5.74, 6) is -0.760. The standard InChI is InChI=1S/C15H28N2O3/c1-6-12(7-2)16(5)14(20)17-9-8-15(10-17,11(3)4)13(18)19/h11-12H,6-10H2,1-5H3,(H,18,19). The lowest BCUT2D eigenvalue weighted by Crippen LogP contribution is -2.47. The van der Waals surface area contributed by atoms with Gasteiger partial charge in [-0.25, -0.2) is 4.79 Å². The second-order valence-electron chi connectivity index (χ2n) is 6.15. The molecule has 0 spiro atoms. The van der Waals surface area contributed by atoms with Gasteiger partial charge < -0.3 is 14.9 Å². The van der Waals surface area contributed by atoms with Gasteiger partial charge in [-0.15, -0.1) is 0 Å². The van der Waals surface area contributed by atoms with Crippen molar-refractivity contribution in [2.75, 3.05) is 20.1 Å². The topological polar surface area (TPSA) is 60.9 Å². The van der Waals surface area contributed by atoms with Crippen molar-refractivity contribution in [2.45, 2.75) is 53.0 Å². The van der Waals surface area contributed by atoms with Crippen LogP contribution in [0.15, 0.2) is 0 Å². The van der Waals surface area contributed by atoms with E-state index in [0.29, 0.717) is 19.5 Å². The first kappa shape index (κ1) is 16.8. The average Bonchev–Trinajstić information content (AvgIpc) is 2.85. The molecular formula is C15H28N2O3. The van der Waals surface area contributed by atoms with Gasteiger partial charge >= 0.3 is 12.0 Å². The largest absolute Gasteiger partial charge is 0.481 e. The van der Waals surface area contributed by atoms with Crippen molar-refractivity contribution in [1.29, 1.82) is 0 Å². The van der Waals surface area contributed by atoms with E-state index in [2.05, 4.69) is 13.8 Å². The van der Waals surface area contributed by atoms with Gasteiger partial charge in [0.05, 0.1) is 5.41 Å². The van der Waals surface area contributed by atoms with Gasteiger partial charge in [-0.3, -0.25) is 4.79 Å². The van der Waals surface area contributed by atoms with Crippen LogP contribution in [-0.4, -0.2) is 53.1 Å². The molecule has 0 aromatic rings. The Morgan fingerprint density at radius 1 is 1.30 bits per heavy atom. The fourth-order valence-corrected chi connectivity index (χ4v) is 3.10. The molecule has 1 aliphatic rings. The maximum absolute atomic E-state index is 12.5. The molecule has 116 valence electrons. The van der Waals surface area contributed by atoms with Crippen LogP contribution in [0, 0.1) is 11.3 Å². The van der Waals surface area contributed by atoms with Crippen LogP contribution in [0.5, 0.6) is 0 Å². The van der Waals surface area contributed by atoms with Crippen LogP contribution in [-0.2, 0) is 4.79 Å². The summed E-state index contributed by atoms with van der Waals surface area (Å²) in [6.07, 6.45) is 2.38. The molecule has 1 rings (SSSR count). The zero-order valence-electron chi connectivity index (χ0n) is 13.3. The second kappa shape index (κ2) is 6.46. The number of rotatable bonds is 5. The zero-order chi connectivity index (χ0) is 15.5. The highest BCUT2D eigenvalue weighted by Crippen LogP contribution is 2.38. The molecule has 1 aliphatic heterocycles. The van der Waals surface area contributed by atoms with E-state index < -0.39 is 11.4 Å². The van der Waals surface area contributed by atoms with Gasteiger partial charge in [-0.2, -0.15) is 0 Å². The highest BCUT2D eigenvalue weighted by Gasteiger charge is 2.49. The number of nitrogens with zero attached hydrogens (tertiary/aromatic N) is 2. The molecule has 1 atom stereocenters. The molecule has 1 N–H and O–H groups in total. The second-order valence-corrected chi connectivity index (χ2v) is 6.15. The van der Waals surface area contributed by atoms with Gasteiger partial charge in [0, 0.05) is 26.2 Å². The summed E-state index contributed by atoms with van der Waals surface area (Å²) >= 11 is 0. The van der Waals surface area contributed by atoms with Crippen LogP contribution in [0.25, 0.3) is 0 Å². The zero-order valence-corrected chi connectivity index (χ0v) is 13.3. The molecule has 0 radical (unpaired) electrons. The van der Waals surface area contributed by atoms with Gasteiger partial charge in [0.15, 0.2) is 0 Å². The molecule has 1 unspecified atom stereocenters. The van der Waals surface area contributed by atoms with Crippen LogP contribution >= 0.6 is 0 Å². The van der Waals surface area contributed by atoms with Crippen molar-refractivity contribution in [3.05, 3.63) is 0 Å². The Kier molecular flexibility index (Phi) is 5.42. The van der Waals surface area contributed by atoms with Crippen molar-refractivity contribution < 1.29 is 14.7 Å². The normalized spacial score (nSPS) is 22.6. The Bertz CT molecular complexity index is 366. The van der Waals surface area contributed by atoms with Crippen molar-refractivity contribution >= 4 is 12.0 Å². The molecule has 0 aromatic carbocycles. The summed E-state index contributed by atoms with van der Waals surface area (Å²) in [6.45, 7) is 8.84. The first-order chi connectivity index (χ1) is 9.30. The molecule has 0 aliphatic carbocycles. The van der Waals surface area contributed by atoms with Gasteiger partial charge in [-0.05, 0) is 25.2 Å². The first-order valence-electron chi connectivity index (χ1n) is 7.55. The maximum Gasteiger partial charge on any atom is 0.320 e. The van der Waals surface area contributed by atoms with Gasteiger partial charge in [0.2, 0.25) is 0 Å². The molecule has 1 fully saturated rings. The van der Waals surface area contributed by atoms with E-state index in [1.54, 1.807) is 9.80 Å². The Morgan fingerprint density at radius 2 is 1.85 bits per heavy atom. The molecule has 0 saturated carbocycles. The number of hydrogen-bond donors (Lipinski definition) is 1.